The van der Waals surface area contributed by atoms with E-state index in [1.165, 1.54) is 63.1 Å². The largest absolute Gasteiger partial charge is 0.497 e. The second-order valence-corrected chi connectivity index (χ2v) is 24.5. The fraction of sp³-hybridized carbons (Fsp3) is 0.606. The highest BCUT2D eigenvalue weighted by molar-refractivity contribution is 5.82. The number of rotatable bonds is 25. The highest BCUT2D eigenvalue weighted by Gasteiger charge is 2.59. The first kappa shape index (κ1) is 58.5. The van der Waals surface area contributed by atoms with Gasteiger partial charge in [0.25, 0.3) is 0 Å². The number of esters is 1. The van der Waals surface area contributed by atoms with Gasteiger partial charge >= 0.3 is 12.1 Å². The summed E-state index contributed by atoms with van der Waals surface area (Å²) in [5, 5.41) is 5.51. The molecule has 3 saturated carbocycles. The molecule has 3 aromatic carbocycles. The van der Waals surface area contributed by atoms with Gasteiger partial charge in [0, 0.05) is 38.3 Å². The Morgan fingerprint density at radius 2 is 1.45 bits per heavy atom. The fourth-order valence-electron chi connectivity index (χ4n) is 15.1. The van der Waals surface area contributed by atoms with Gasteiger partial charge in [0.15, 0.2) is 0 Å². The number of nitrogens with zero attached hydrogens (tertiary/aromatic N) is 1. The van der Waals surface area contributed by atoms with E-state index in [1.54, 1.807) is 19.1 Å². The number of fused-ring (bicyclic) bond motifs is 5. The van der Waals surface area contributed by atoms with Crippen LogP contribution >= 0.6 is 0 Å². The van der Waals surface area contributed by atoms with Crippen molar-refractivity contribution in [1.82, 2.24) is 15.5 Å². The molecule has 10 atom stereocenters. The number of hydrogen-bond acceptors (Lipinski definition) is 9. The minimum Gasteiger partial charge on any atom is -0.497 e. The number of carbonyl (C=O) groups is 4. The summed E-state index contributed by atoms with van der Waals surface area (Å²) in [4.78, 5) is 54.5. The van der Waals surface area contributed by atoms with Crippen molar-refractivity contribution in [3.63, 3.8) is 0 Å². The Morgan fingerprint density at radius 1 is 0.756 bits per heavy atom. The monoisotopic (exact) mass is 1070 g/mol. The van der Waals surface area contributed by atoms with Gasteiger partial charge in [-0.25, -0.2) is 4.79 Å². The summed E-state index contributed by atoms with van der Waals surface area (Å²) in [5.41, 5.74) is 3.66. The van der Waals surface area contributed by atoms with Gasteiger partial charge in [-0.05, 0) is 151 Å². The van der Waals surface area contributed by atoms with Gasteiger partial charge in [-0.1, -0.05) is 133 Å². The molecular formula is C66H91N3O9. The topological polar surface area (TPSA) is 142 Å². The first-order valence-electron chi connectivity index (χ1n) is 29.6. The summed E-state index contributed by atoms with van der Waals surface area (Å²) >= 11 is 0. The Balaban J connectivity index is 0.835. The number of nitrogens with one attached hydrogen (secondary N) is 2. The first-order chi connectivity index (χ1) is 37.6. The summed E-state index contributed by atoms with van der Waals surface area (Å²) in [6, 6.07) is 25.5. The van der Waals surface area contributed by atoms with Crippen LogP contribution in [0.5, 0.6) is 11.5 Å². The molecule has 3 aromatic rings. The van der Waals surface area contributed by atoms with Gasteiger partial charge in [0.05, 0.1) is 33.8 Å². The number of unbranched alkanes of at least 4 members (excludes halogenated alkanes) is 2. The van der Waals surface area contributed by atoms with Gasteiger partial charge < -0.3 is 39.2 Å². The molecule has 78 heavy (non-hydrogen) atoms. The zero-order chi connectivity index (χ0) is 55.5. The number of likely N-dealkylation sites (tertiary alicyclic amines) is 1. The number of methoxy groups -OCH3 is 2. The number of amides is 3. The molecular weight excluding hydrogens is 979 g/mol. The molecule has 12 nitrogen and oxygen atoms in total. The average Bonchev–Trinajstić information content (AvgIpc) is 4.20. The highest BCUT2D eigenvalue weighted by Crippen LogP contribution is 2.67. The average molecular weight is 1070 g/mol. The lowest BCUT2D eigenvalue weighted by Crippen LogP contribution is -2.51. The van der Waals surface area contributed by atoms with E-state index in [4.69, 9.17) is 23.7 Å². The highest BCUT2D eigenvalue weighted by atomic mass is 16.6. The third kappa shape index (κ3) is 13.3. The molecule has 0 bridgehead atoms. The number of alkyl carbamates (subject to hydrolysis) is 1. The normalized spacial score (nSPS) is 26.8. The van der Waals surface area contributed by atoms with Crippen molar-refractivity contribution >= 4 is 23.9 Å². The van der Waals surface area contributed by atoms with Gasteiger partial charge in [-0.15, -0.1) is 0 Å². The molecule has 2 N–H and O–H groups in total. The number of carbonyl (C=O) groups excluding carboxylic acids is 4. The first-order valence-corrected chi connectivity index (χ1v) is 29.6. The maximum absolute atomic E-state index is 14.0. The molecule has 1 aliphatic heterocycles. The quantitative estimate of drug-likeness (QED) is 0.0367. The van der Waals surface area contributed by atoms with Crippen LogP contribution in [0.3, 0.4) is 0 Å². The van der Waals surface area contributed by atoms with Crippen molar-refractivity contribution in [1.29, 1.82) is 0 Å². The van der Waals surface area contributed by atoms with E-state index >= 15 is 0 Å². The molecule has 12 heteroatoms. The lowest BCUT2D eigenvalue weighted by atomic mass is 9.47. The predicted molar refractivity (Wildman–Crippen MR) is 306 cm³/mol. The second-order valence-electron chi connectivity index (χ2n) is 24.5. The molecule has 424 valence electrons. The molecule has 0 radical (unpaired) electrons. The Morgan fingerprint density at radius 3 is 2.12 bits per heavy atom. The Labute approximate surface area is 466 Å². The van der Waals surface area contributed by atoms with Crippen LogP contribution in [0.2, 0.25) is 0 Å². The van der Waals surface area contributed by atoms with Crippen molar-refractivity contribution in [3.05, 3.63) is 120 Å². The van der Waals surface area contributed by atoms with Crippen LogP contribution in [0, 0.1) is 52.3 Å². The SMILES string of the molecule is C=CNC(=O)CCC(=O)OC1CN(C(=O)CCCCCNC(=O)OC2CCC3(C)C(=CCC4C3CCC3(C)C(C(C)CCCC(C)C)CCC43)C2)CC1COC(c1ccccc1)(c1ccc(OC)cc1)c1ccc(OC)cc1. The molecule has 4 fully saturated rings. The van der Waals surface area contributed by atoms with E-state index in [2.05, 4.69) is 57.9 Å². The lowest BCUT2D eigenvalue weighted by molar-refractivity contribution is -0.153. The zero-order valence-corrected chi connectivity index (χ0v) is 48.0. The van der Waals surface area contributed by atoms with E-state index in [0.717, 1.165) is 77.9 Å². The summed E-state index contributed by atoms with van der Waals surface area (Å²) in [7, 11) is 3.26. The maximum Gasteiger partial charge on any atom is 0.407 e. The summed E-state index contributed by atoms with van der Waals surface area (Å²) < 4.78 is 30.5. The van der Waals surface area contributed by atoms with E-state index in [0.29, 0.717) is 49.3 Å². The molecule has 10 unspecified atom stereocenters. The van der Waals surface area contributed by atoms with E-state index in [1.807, 2.05) is 78.9 Å². The fourth-order valence-corrected chi connectivity index (χ4v) is 15.1. The summed E-state index contributed by atoms with van der Waals surface area (Å²) in [6.07, 6.45) is 18.5. The van der Waals surface area contributed by atoms with Gasteiger partial charge in [0.1, 0.15) is 29.3 Å². The van der Waals surface area contributed by atoms with Crippen LogP contribution < -0.4 is 20.1 Å². The third-order valence-corrected chi connectivity index (χ3v) is 19.4. The molecule has 4 aliphatic carbocycles. The number of benzene rings is 3. The summed E-state index contributed by atoms with van der Waals surface area (Å²) in [6.45, 7) is 17.1. The molecule has 3 amide bonds. The van der Waals surface area contributed by atoms with Crippen LogP contribution in [0.25, 0.3) is 0 Å². The van der Waals surface area contributed by atoms with Gasteiger partial charge in [-0.3, -0.25) is 14.4 Å². The van der Waals surface area contributed by atoms with E-state index in [-0.39, 0.29) is 61.3 Å². The number of ether oxygens (including phenoxy) is 5. The van der Waals surface area contributed by atoms with Gasteiger partial charge in [-0.2, -0.15) is 0 Å². The molecule has 1 heterocycles. The van der Waals surface area contributed by atoms with Crippen LogP contribution in [0.15, 0.2) is 103 Å². The molecule has 5 aliphatic rings. The summed E-state index contributed by atoms with van der Waals surface area (Å²) in [5.74, 6) is 4.87. The molecule has 0 spiro atoms. The molecule has 8 rings (SSSR count). The third-order valence-electron chi connectivity index (χ3n) is 19.4. The molecule has 1 saturated heterocycles. The minimum atomic E-state index is -1.12. The Hall–Kier alpha value is -5.62. The Kier molecular flexibility index (Phi) is 19.9. The Bertz CT molecular complexity index is 2460. The van der Waals surface area contributed by atoms with Crippen LogP contribution in [0.4, 0.5) is 4.79 Å². The van der Waals surface area contributed by atoms with Crippen molar-refractivity contribution in [2.75, 3.05) is 40.5 Å². The second kappa shape index (κ2) is 26.6. The minimum absolute atomic E-state index is 0.0413. The standard InChI is InChI=1S/C66H91N3O9/c1-9-67-60(70)34-35-62(72)78-59-43-69(42-47(59)44-76-66(48-19-12-10-13-20-48,49-22-27-52(74-7)28-23-49)50-24-29-53(75-8)30-25-50)61(71)21-14-11-15-40-68-63(73)77-54-36-38-64(5)51(41-54)26-31-55-57-33-32-56(46(4)18-16-17-45(2)3)65(57,6)39-37-58(55)64/h9-10,12-13,19-20,22-30,45-47,54-59H,1,11,14-18,21,31-44H2,2-8H3,(H,67,70)(H,68,73). The van der Waals surface area contributed by atoms with Crippen molar-refractivity contribution in [3.8, 4) is 11.5 Å². The van der Waals surface area contributed by atoms with Crippen molar-refractivity contribution in [2.24, 2.45) is 52.3 Å². The van der Waals surface area contributed by atoms with Crippen LogP contribution in [-0.2, 0) is 34.2 Å². The number of hydrogen-bond donors (Lipinski definition) is 2. The maximum atomic E-state index is 14.0. The zero-order valence-electron chi connectivity index (χ0n) is 48.0. The van der Waals surface area contributed by atoms with Crippen LogP contribution in [-0.4, -0.2) is 81.4 Å². The van der Waals surface area contributed by atoms with E-state index in [9.17, 15) is 19.2 Å². The van der Waals surface area contributed by atoms with Gasteiger partial charge in [0.2, 0.25) is 11.8 Å². The van der Waals surface area contributed by atoms with Crippen molar-refractivity contribution < 1.29 is 42.9 Å². The number of allylic oxidation sites excluding steroid dienone is 1. The van der Waals surface area contributed by atoms with Crippen molar-refractivity contribution in [2.45, 2.75) is 162 Å². The lowest BCUT2D eigenvalue weighted by Gasteiger charge is -2.58. The van der Waals surface area contributed by atoms with E-state index < -0.39 is 17.7 Å². The molecule has 0 aromatic heterocycles. The predicted octanol–water partition coefficient (Wildman–Crippen LogP) is 13.1. The smallest absolute Gasteiger partial charge is 0.407 e. The van der Waals surface area contributed by atoms with Crippen LogP contribution in [0.1, 0.15) is 160 Å².